The van der Waals surface area contributed by atoms with E-state index < -0.39 is 0 Å². The van der Waals surface area contributed by atoms with Crippen LogP contribution >= 0.6 is 27.5 Å². The van der Waals surface area contributed by atoms with Crippen LogP contribution < -0.4 is 0 Å². The van der Waals surface area contributed by atoms with Gasteiger partial charge in [0.2, 0.25) is 0 Å². The summed E-state index contributed by atoms with van der Waals surface area (Å²) in [5.74, 6) is 0.756. The number of alkyl halides is 1. The van der Waals surface area contributed by atoms with Crippen molar-refractivity contribution in [3.63, 3.8) is 0 Å². The van der Waals surface area contributed by atoms with Crippen LogP contribution in [0.5, 0.6) is 0 Å². The van der Waals surface area contributed by atoms with E-state index in [9.17, 15) is 0 Å². The Bertz CT molecular complexity index is 268. The average molecular weight is 290 g/mol. The maximum absolute atomic E-state index is 5.86. The van der Waals surface area contributed by atoms with E-state index in [1.807, 2.05) is 12.1 Å². The zero-order valence-corrected chi connectivity index (χ0v) is 11.5. The summed E-state index contributed by atoms with van der Waals surface area (Å²) in [6.07, 6.45) is 5.07. The van der Waals surface area contributed by atoms with Crippen LogP contribution in [-0.4, -0.2) is 5.33 Å². The summed E-state index contributed by atoms with van der Waals surface area (Å²) >= 11 is 9.45. The molecule has 0 aromatic heterocycles. The van der Waals surface area contributed by atoms with Crippen molar-refractivity contribution in [1.29, 1.82) is 0 Å². The first-order valence-electron chi connectivity index (χ1n) is 5.56. The van der Waals surface area contributed by atoms with Gasteiger partial charge in [-0.1, -0.05) is 59.4 Å². The molecule has 1 aromatic rings. The van der Waals surface area contributed by atoms with E-state index in [0.29, 0.717) is 0 Å². The number of hydrogen-bond donors (Lipinski definition) is 0. The Labute approximate surface area is 106 Å². The Hall–Kier alpha value is -0.0100. The normalized spacial score (nSPS) is 12.7. The van der Waals surface area contributed by atoms with Gasteiger partial charge in [-0.2, -0.15) is 0 Å². The Morgan fingerprint density at radius 1 is 1.27 bits per heavy atom. The number of hydrogen-bond acceptors (Lipinski definition) is 0. The predicted octanol–water partition coefficient (Wildman–Crippen LogP) is 5.08. The fraction of sp³-hybridized carbons (Fsp3) is 0.538. The molecule has 1 atom stereocenters. The van der Waals surface area contributed by atoms with Gasteiger partial charge in [0.25, 0.3) is 0 Å². The van der Waals surface area contributed by atoms with Crippen LogP contribution in [0.25, 0.3) is 0 Å². The van der Waals surface area contributed by atoms with Gasteiger partial charge < -0.3 is 0 Å². The van der Waals surface area contributed by atoms with Crippen LogP contribution in [0.15, 0.2) is 24.3 Å². The van der Waals surface area contributed by atoms with Gasteiger partial charge in [0.15, 0.2) is 0 Å². The van der Waals surface area contributed by atoms with Gasteiger partial charge in [-0.25, -0.2) is 0 Å². The molecule has 0 aliphatic heterocycles. The summed E-state index contributed by atoms with van der Waals surface area (Å²) in [7, 11) is 0. The lowest BCUT2D eigenvalue weighted by molar-refractivity contribution is 0.514. The van der Waals surface area contributed by atoms with Crippen molar-refractivity contribution < 1.29 is 0 Å². The van der Waals surface area contributed by atoms with Crippen LogP contribution in [0.1, 0.15) is 31.7 Å². The molecule has 0 aliphatic rings. The van der Waals surface area contributed by atoms with E-state index in [2.05, 4.69) is 35.0 Å². The van der Waals surface area contributed by atoms with Crippen LogP contribution in [0, 0.1) is 5.92 Å². The quantitative estimate of drug-likeness (QED) is 0.640. The number of benzene rings is 1. The SMILES string of the molecule is CCCCC(CBr)Cc1ccc(Cl)cc1. The highest BCUT2D eigenvalue weighted by atomic mass is 79.9. The molecule has 0 saturated heterocycles. The lowest BCUT2D eigenvalue weighted by Crippen LogP contribution is -2.06. The maximum atomic E-state index is 5.86. The second-order valence-electron chi connectivity index (χ2n) is 3.99. The molecule has 2 heteroatoms. The molecular weight excluding hydrogens is 272 g/mol. The Morgan fingerprint density at radius 3 is 2.47 bits per heavy atom. The molecule has 84 valence electrons. The van der Waals surface area contributed by atoms with Gasteiger partial charge >= 0.3 is 0 Å². The molecule has 0 fully saturated rings. The zero-order valence-electron chi connectivity index (χ0n) is 9.18. The Morgan fingerprint density at radius 2 is 1.93 bits per heavy atom. The maximum Gasteiger partial charge on any atom is 0.0406 e. The molecule has 0 nitrogen and oxygen atoms in total. The van der Waals surface area contributed by atoms with E-state index in [1.165, 1.54) is 24.8 Å². The number of rotatable bonds is 6. The van der Waals surface area contributed by atoms with E-state index in [-0.39, 0.29) is 0 Å². The molecule has 0 spiro atoms. The highest BCUT2D eigenvalue weighted by Crippen LogP contribution is 2.19. The van der Waals surface area contributed by atoms with E-state index >= 15 is 0 Å². The lowest BCUT2D eigenvalue weighted by Gasteiger charge is -2.13. The standard InChI is InChI=1S/C13H18BrCl/c1-2-3-4-12(10-14)9-11-5-7-13(15)8-6-11/h5-8,12H,2-4,9-10H2,1H3. The van der Waals surface area contributed by atoms with Gasteiger partial charge in [0.1, 0.15) is 0 Å². The highest BCUT2D eigenvalue weighted by Gasteiger charge is 2.07. The van der Waals surface area contributed by atoms with Gasteiger partial charge in [-0.15, -0.1) is 0 Å². The molecule has 0 amide bonds. The van der Waals surface area contributed by atoms with Crippen LogP contribution in [0.2, 0.25) is 5.02 Å². The molecule has 1 aromatic carbocycles. The Balaban J connectivity index is 2.47. The third-order valence-electron chi connectivity index (χ3n) is 2.62. The zero-order chi connectivity index (χ0) is 11.1. The van der Waals surface area contributed by atoms with E-state index in [4.69, 9.17) is 11.6 Å². The molecule has 0 N–H and O–H groups in total. The van der Waals surface area contributed by atoms with Gasteiger partial charge in [0, 0.05) is 10.4 Å². The topological polar surface area (TPSA) is 0 Å². The third-order valence-corrected chi connectivity index (χ3v) is 3.79. The van der Waals surface area contributed by atoms with Crippen molar-refractivity contribution in [3.8, 4) is 0 Å². The van der Waals surface area contributed by atoms with Gasteiger partial charge in [-0.05, 0) is 36.5 Å². The largest absolute Gasteiger partial charge is 0.0925 e. The van der Waals surface area contributed by atoms with E-state index in [0.717, 1.165) is 22.7 Å². The van der Waals surface area contributed by atoms with Crippen LogP contribution in [-0.2, 0) is 6.42 Å². The van der Waals surface area contributed by atoms with Gasteiger partial charge in [-0.3, -0.25) is 0 Å². The third kappa shape index (κ3) is 5.03. The Kier molecular flexibility index (Phi) is 6.35. The molecule has 0 aliphatic carbocycles. The molecule has 15 heavy (non-hydrogen) atoms. The smallest absolute Gasteiger partial charge is 0.0406 e. The molecular formula is C13H18BrCl. The van der Waals surface area contributed by atoms with Crippen molar-refractivity contribution in [2.75, 3.05) is 5.33 Å². The number of halogens is 2. The van der Waals surface area contributed by atoms with Crippen LogP contribution in [0.4, 0.5) is 0 Å². The summed E-state index contributed by atoms with van der Waals surface area (Å²) < 4.78 is 0. The molecule has 1 rings (SSSR count). The monoisotopic (exact) mass is 288 g/mol. The molecule has 0 radical (unpaired) electrons. The highest BCUT2D eigenvalue weighted by molar-refractivity contribution is 9.09. The van der Waals surface area contributed by atoms with Crippen molar-refractivity contribution in [2.24, 2.45) is 5.92 Å². The lowest BCUT2D eigenvalue weighted by atomic mass is 9.96. The summed E-state index contributed by atoms with van der Waals surface area (Å²) in [5, 5.41) is 1.91. The molecule has 0 saturated carbocycles. The average Bonchev–Trinajstić information content (AvgIpc) is 2.27. The minimum Gasteiger partial charge on any atom is -0.0925 e. The van der Waals surface area contributed by atoms with Crippen LogP contribution in [0.3, 0.4) is 0 Å². The second-order valence-corrected chi connectivity index (χ2v) is 5.08. The van der Waals surface area contributed by atoms with Crippen molar-refractivity contribution >= 4 is 27.5 Å². The summed E-state index contributed by atoms with van der Waals surface area (Å²) in [4.78, 5) is 0. The van der Waals surface area contributed by atoms with E-state index in [1.54, 1.807) is 0 Å². The summed E-state index contributed by atoms with van der Waals surface area (Å²) in [6.45, 7) is 2.24. The van der Waals surface area contributed by atoms with Crippen molar-refractivity contribution in [2.45, 2.75) is 32.6 Å². The fourth-order valence-electron chi connectivity index (χ4n) is 1.68. The fourth-order valence-corrected chi connectivity index (χ4v) is 2.36. The minimum atomic E-state index is 0.756. The first-order chi connectivity index (χ1) is 7.26. The molecule has 0 heterocycles. The van der Waals surface area contributed by atoms with Gasteiger partial charge in [0.05, 0.1) is 0 Å². The first kappa shape index (κ1) is 13.1. The van der Waals surface area contributed by atoms with Crippen molar-refractivity contribution in [1.82, 2.24) is 0 Å². The molecule has 1 unspecified atom stereocenters. The summed E-state index contributed by atoms with van der Waals surface area (Å²) in [5.41, 5.74) is 1.39. The second kappa shape index (κ2) is 7.29. The summed E-state index contributed by atoms with van der Waals surface area (Å²) in [6, 6.07) is 8.21. The minimum absolute atomic E-state index is 0.756. The molecule has 0 bridgehead atoms. The van der Waals surface area contributed by atoms with Crippen molar-refractivity contribution in [3.05, 3.63) is 34.9 Å². The number of unbranched alkanes of at least 4 members (excludes halogenated alkanes) is 1. The first-order valence-corrected chi connectivity index (χ1v) is 7.06. The predicted molar refractivity (Wildman–Crippen MR) is 72.0 cm³/mol.